The van der Waals surface area contributed by atoms with Gasteiger partial charge in [0.25, 0.3) is 5.91 Å². The molecule has 1 heterocycles. The number of amides is 1. The van der Waals surface area contributed by atoms with E-state index in [0.29, 0.717) is 28.7 Å². The molecular weight excluding hydrogens is 444 g/mol. The number of methoxy groups -OCH3 is 1. The van der Waals surface area contributed by atoms with E-state index in [1.807, 2.05) is 48.5 Å². The Morgan fingerprint density at radius 1 is 1.03 bits per heavy atom. The number of carbonyl (C=O) groups excluding carboxylic acids is 1. The first-order valence-electron chi connectivity index (χ1n) is 9.99. The molecule has 0 fully saturated rings. The van der Waals surface area contributed by atoms with Crippen LogP contribution in [0.15, 0.2) is 88.9 Å². The Balaban J connectivity index is 1.53. The molecule has 1 amide bonds. The molecule has 0 aliphatic carbocycles. The summed E-state index contributed by atoms with van der Waals surface area (Å²) in [4.78, 5) is 18.1. The van der Waals surface area contributed by atoms with Crippen molar-refractivity contribution in [1.29, 1.82) is 0 Å². The monoisotopic (exact) mass is 464 g/mol. The number of aromatic nitrogens is 3. The second kappa shape index (κ2) is 10.3. The minimum Gasteiger partial charge on any atom is -0.496 e. The van der Waals surface area contributed by atoms with Gasteiger partial charge in [0.15, 0.2) is 5.16 Å². The van der Waals surface area contributed by atoms with Crippen molar-refractivity contribution in [2.75, 3.05) is 12.4 Å². The molecule has 4 aromatic rings. The van der Waals surface area contributed by atoms with E-state index >= 15 is 0 Å². The van der Waals surface area contributed by atoms with Crippen LogP contribution >= 0.6 is 23.4 Å². The van der Waals surface area contributed by atoms with Crippen LogP contribution in [0, 0.1) is 0 Å². The Labute approximate surface area is 195 Å². The van der Waals surface area contributed by atoms with Crippen molar-refractivity contribution < 1.29 is 9.53 Å². The fraction of sp³-hybridized carbons (Fsp3) is 0.125. The van der Waals surface area contributed by atoms with Crippen LogP contribution in [0.3, 0.4) is 0 Å². The van der Waals surface area contributed by atoms with E-state index in [9.17, 15) is 4.79 Å². The molecule has 0 atom stereocenters. The summed E-state index contributed by atoms with van der Waals surface area (Å²) in [6.07, 6.45) is 0.806. The standard InChI is InChI=1S/C24H21ClN4O2S/c1-31-20-13-7-5-11-18(20)22(30)26-19-12-6-8-14-21(19)32-24-27-23(25)28-29(24)16-15-17-9-3-2-4-10-17/h2-14H,15-16H2,1H3,(H,26,30). The molecule has 0 radical (unpaired) electrons. The molecule has 162 valence electrons. The first kappa shape index (κ1) is 21.9. The predicted molar refractivity (Wildman–Crippen MR) is 127 cm³/mol. The van der Waals surface area contributed by atoms with Gasteiger partial charge in [-0.05, 0) is 59.6 Å². The lowest BCUT2D eigenvalue weighted by Crippen LogP contribution is -2.13. The topological polar surface area (TPSA) is 69.0 Å². The Morgan fingerprint density at radius 3 is 2.56 bits per heavy atom. The van der Waals surface area contributed by atoms with Crippen molar-refractivity contribution in [3.63, 3.8) is 0 Å². The molecule has 1 N–H and O–H groups in total. The number of anilines is 1. The minimum atomic E-state index is -0.251. The maximum atomic E-state index is 12.9. The average Bonchev–Trinajstić information content (AvgIpc) is 3.18. The SMILES string of the molecule is COc1ccccc1C(=O)Nc1ccccc1Sc1nc(Cl)nn1CCc1ccccc1. The molecule has 0 bridgehead atoms. The van der Waals surface area contributed by atoms with Crippen molar-refractivity contribution in [2.24, 2.45) is 0 Å². The van der Waals surface area contributed by atoms with E-state index in [-0.39, 0.29) is 11.2 Å². The Kier molecular flexibility index (Phi) is 7.09. The number of hydrogen-bond acceptors (Lipinski definition) is 5. The van der Waals surface area contributed by atoms with Crippen LogP contribution in [0.5, 0.6) is 5.75 Å². The third kappa shape index (κ3) is 5.30. The van der Waals surface area contributed by atoms with Crippen LogP contribution in [-0.2, 0) is 13.0 Å². The number of nitrogens with zero attached hydrogens (tertiary/aromatic N) is 3. The van der Waals surface area contributed by atoms with E-state index < -0.39 is 0 Å². The number of para-hydroxylation sites is 2. The average molecular weight is 465 g/mol. The van der Waals surface area contributed by atoms with Crippen molar-refractivity contribution >= 4 is 35.0 Å². The van der Waals surface area contributed by atoms with Gasteiger partial charge in [-0.25, -0.2) is 4.68 Å². The van der Waals surface area contributed by atoms with E-state index in [0.717, 1.165) is 11.3 Å². The molecule has 8 heteroatoms. The predicted octanol–water partition coefficient (Wildman–Crippen LogP) is 5.59. The molecule has 1 aromatic heterocycles. The first-order chi connectivity index (χ1) is 15.6. The smallest absolute Gasteiger partial charge is 0.259 e. The highest BCUT2D eigenvalue weighted by Gasteiger charge is 2.16. The summed E-state index contributed by atoms with van der Waals surface area (Å²) in [5.41, 5.74) is 2.34. The lowest BCUT2D eigenvalue weighted by molar-refractivity contribution is 0.102. The largest absolute Gasteiger partial charge is 0.496 e. The summed E-state index contributed by atoms with van der Waals surface area (Å²) in [5.74, 6) is 0.265. The van der Waals surface area contributed by atoms with E-state index in [4.69, 9.17) is 16.3 Å². The number of benzene rings is 3. The van der Waals surface area contributed by atoms with Crippen LogP contribution < -0.4 is 10.1 Å². The molecule has 0 aliphatic rings. The Hall–Kier alpha value is -3.29. The Morgan fingerprint density at radius 2 is 1.75 bits per heavy atom. The van der Waals surface area contributed by atoms with Gasteiger partial charge < -0.3 is 10.1 Å². The fourth-order valence-electron chi connectivity index (χ4n) is 3.18. The van der Waals surface area contributed by atoms with Crippen molar-refractivity contribution in [3.8, 4) is 5.75 Å². The van der Waals surface area contributed by atoms with Gasteiger partial charge in [0.2, 0.25) is 5.28 Å². The van der Waals surface area contributed by atoms with Crippen LogP contribution in [0.4, 0.5) is 5.69 Å². The zero-order valence-electron chi connectivity index (χ0n) is 17.4. The summed E-state index contributed by atoms with van der Waals surface area (Å²) >= 11 is 7.51. The van der Waals surface area contributed by atoms with Gasteiger partial charge in [-0.1, -0.05) is 54.6 Å². The number of ether oxygens (including phenoxy) is 1. The van der Waals surface area contributed by atoms with Crippen LogP contribution in [-0.4, -0.2) is 27.8 Å². The summed E-state index contributed by atoms with van der Waals surface area (Å²) in [5, 5.41) is 8.15. The van der Waals surface area contributed by atoms with E-state index in [1.54, 1.807) is 30.0 Å². The van der Waals surface area contributed by atoms with E-state index in [1.165, 1.54) is 17.3 Å². The number of carbonyl (C=O) groups is 1. The summed E-state index contributed by atoms with van der Waals surface area (Å²) in [6.45, 7) is 0.641. The molecule has 4 rings (SSSR count). The number of halogens is 1. The number of aryl methyl sites for hydroxylation is 2. The van der Waals surface area contributed by atoms with E-state index in [2.05, 4.69) is 27.5 Å². The highest BCUT2D eigenvalue weighted by atomic mass is 35.5. The first-order valence-corrected chi connectivity index (χ1v) is 11.2. The van der Waals surface area contributed by atoms with Gasteiger partial charge in [-0.15, -0.1) is 5.10 Å². The van der Waals surface area contributed by atoms with Crippen LogP contribution in [0.1, 0.15) is 15.9 Å². The van der Waals surface area contributed by atoms with Crippen molar-refractivity contribution in [3.05, 3.63) is 95.3 Å². The zero-order valence-corrected chi connectivity index (χ0v) is 18.9. The summed E-state index contributed by atoms with van der Waals surface area (Å²) in [7, 11) is 1.54. The number of hydrogen-bond donors (Lipinski definition) is 1. The van der Waals surface area contributed by atoms with Crippen LogP contribution in [0.2, 0.25) is 5.28 Å². The highest BCUT2D eigenvalue weighted by Crippen LogP contribution is 2.33. The minimum absolute atomic E-state index is 0.191. The highest BCUT2D eigenvalue weighted by molar-refractivity contribution is 7.99. The normalized spacial score (nSPS) is 10.7. The second-order valence-electron chi connectivity index (χ2n) is 6.87. The summed E-state index contributed by atoms with van der Waals surface area (Å²) in [6, 6.07) is 24.8. The number of rotatable bonds is 8. The summed E-state index contributed by atoms with van der Waals surface area (Å²) < 4.78 is 7.10. The van der Waals surface area contributed by atoms with Gasteiger partial charge in [0, 0.05) is 11.4 Å². The van der Waals surface area contributed by atoms with Gasteiger partial charge >= 0.3 is 0 Å². The van der Waals surface area contributed by atoms with Gasteiger partial charge in [-0.2, -0.15) is 4.98 Å². The molecule has 0 spiro atoms. The lowest BCUT2D eigenvalue weighted by atomic mass is 10.2. The zero-order chi connectivity index (χ0) is 22.3. The van der Waals surface area contributed by atoms with Gasteiger partial charge in [0.05, 0.1) is 18.4 Å². The molecule has 6 nitrogen and oxygen atoms in total. The van der Waals surface area contributed by atoms with Gasteiger partial charge in [0.1, 0.15) is 5.75 Å². The molecule has 0 saturated heterocycles. The van der Waals surface area contributed by atoms with Crippen molar-refractivity contribution in [1.82, 2.24) is 14.8 Å². The fourth-order valence-corrected chi connectivity index (χ4v) is 4.34. The van der Waals surface area contributed by atoms with Gasteiger partial charge in [-0.3, -0.25) is 4.79 Å². The van der Waals surface area contributed by atoms with Crippen molar-refractivity contribution in [2.45, 2.75) is 23.0 Å². The maximum Gasteiger partial charge on any atom is 0.259 e. The molecular formula is C24H21ClN4O2S. The second-order valence-corrected chi connectivity index (χ2v) is 8.22. The lowest BCUT2D eigenvalue weighted by Gasteiger charge is -2.12. The quantitative estimate of drug-likeness (QED) is 0.368. The molecule has 0 saturated carbocycles. The molecule has 0 unspecified atom stereocenters. The Bertz CT molecular complexity index is 1210. The third-order valence-electron chi connectivity index (χ3n) is 4.76. The number of nitrogens with one attached hydrogen (secondary N) is 1. The maximum absolute atomic E-state index is 12.9. The molecule has 3 aromatic carbocycles. The molecule has 0 aliphatic heterocycles. The van der Waals surface area contributed by atoms with Crippen LogP contribution in [0.25, 0.3) is 0 Å². The third-order valence-corrected chi connectivity index (χ3v) is 5.98. The molecule has 32 heavy (non-hydrogen) atoms.